The number of aromatic nitrogens is 1. The zero-order valence-electron chi connectivity index (χ0n) is 22.1. The number of alkyl halides is 3. The number of nitrogens with zero attached hydrogens (tertiary/aromatic N) is 2. The standard InChI is InChI=1S/C29H24Cl5N3O5/c1-41-27(39)23(36-26(38)25-21(30)8-6-9-22(25)31)17-20-13-11-19(12-14-20)7-3-5-16-37(24-10-2-4-15-35-24)28(40)42-18-29(32,33)34/h2,4,6,8-15,23H,5,16-18H2,1H3,(H,36,38)/t23-/m0/s1. The van der Waals surface area contributed by atoms with Crippen LogP contribution in [0.1, 0.15) is 27.9 Å². The van der Waals surface area contributed by atoms with Crippen molar-refractivity contribution < 1.29 is 23.9 Å². The number of benzene rings is 2. The summed E-state index contributed by atoms with van der Waals surface area (Å²) in [5.41, 5.74) is 1.52. The molecule has 3 aromatic rings. The van der Waals surface area contributed by atoms with Gasteiger partial charge < -0.3 is 14.8 Å². The lowest BCUT2D eigenvalue weighted by atomic mass is 10.0. The van der Waals surface area contributed by atoms with E-state index in [9.17, 15) is 14.4 Å². The first-order valence-corrected chi connectivity index (χ1v) is 14.2. The van der Waals surface area contributed by atoms with Crippen LogP contribution in [-0.2, 0) is 20.7 Å². The number of rotatable bonds is 9. The molecule has 13 heteroatoms. The molecule has 2 amide bonds. The lowest BCUT2D eigenvalue weighted by Gasteiger charge is -2.21. The number of esters is 1. The number of amides is 2. The Hall–Kier alpha value is -3.19. The van der Waals surface area contributed by atoms with Gasteiger partial charge in [0.15, 0.2) is 0 Å². The van der Waals surface area contributed by atoms with Crippen LogP contribution in [0, 0.1) is 11.8 Å². The van der Waals surface area contributed by atoms with Gasteiger partial charge in [-0.25, -0.2) is 14.6 Å². The average Bonchev–Trinajstić information content (AvgIpc) is 2.96. The van der Waals surface area contributed by atoms with Gasteiger partial charge in [0.25, 0.3) is 5.91 Å². The van der Waals surface area contributed by atoms with E-state index < -0.39 is 34.4 Å². The van der Waals surface area contributed by atoms with E-state index in [2.05, 4.69) is 22.1 Å². The molecule has 0 aliphatic rings. The summed E-state index contributed by atoms with van der Waals surface area (Å²) in [5.74, 6) is 5.17. The molecule has 0 saturated heterocycles. The fourth-order valence-electron chi connectivity index (χ4n) is 3.61. The zero-order chi connectivity index (χ0) is 30.7. The average molecular weight is 672 g/mol. The van der Waals surface area contributed by atoms with Gasteiger partial charge >= 0.3 is 12.1 Å². The van der Waals surface area contributed by atoms with Crippen molar-refractivity contribution in [3.8, 4) is 11.8 Å². The van der Waals surface area contributed by atoms with E-state index in [1.165, 1.54) is 24.1 Å². The van der Waals surface area contributed by atoms with Crippen LogP contribution in [0.2, 0.25) is 10.0 Å². The second kappa shape index (κ2) is 15.9. The van der Waals surface area contributed by atoms with Gasteiger partial charge in [0, 0.05) is 31.1 Å². The van der Waals surface area contributed by atoms with Gasteiger partial charge in [-0.05, 0) is 42.0 Å². The Morgan fingerprint density at radius 3 is 2.29 bits per heavy atom. The minimum Gasteiger partial charge on any atom is -0.467 e. The molecule has 220 valence electrons. The smallest absolute Gasteiger partial charge is 0.415 e. The van der Waals surface area contributed by atoms with Crippen molar-refractivity contribution in [3.63, 3.8) is 0 Å². The fraction of sp³-hybridized carbons (Fsp3) is 0.241. The zero-order valence-corrected chi connectivity index (χ0v) is 25.9. The highest BCUT2D eigenvalue weighted by Gasteiger charge is 2.26. The Bertz CT molecular complexity index is 1430. The third kappa shape index (κ3) is 10.3. The van der Waals surface area contributed by atoms with Gasteiger partial charge in [-0.2, -0.15) is 0 Å². The summed E-state index contributed by atoms with van der Waals surface area (Å²) in [6, 6.07) is 15.9. The summed E-state index contributed by atoms with van der Waals surface area (Å²) < 4.78 is 8.22. The quantitative estimate of drug-likeness (QED) is 0.155. The number of anilines is 1. The van der Waals surface area contributed by atoms with Gasteiger partial charge in [-0.3, -0.25) is 9.69 Å². The van der Waals surface area contributed by atoms with Crippen LogP contribution in [-0.4, -0.2) is 53.0 Å². The highest BCUT2D eigenvalue weighted by atomic mass is 35.6. The Morgan fingerprint density at radius 1 is 1.00 bits per heavy atom. The number of hydrogen-bond donors (Lipinski definition) is 1. The van der Waals surface area contributed by atoms with E-state index in [0.717, 1.165) is 5.56 Å². The van der Waals surface area contributed by atoms with Crippen LogP contribution in [0.5, 0.6) is 0 Å². The van der Waals surface area contributed by atoms with Crippen LogP contribution < -0.4 is 10.2 Å². The van der Waals surface area contributed by atoms with Crippen LogP contribution >= 0.6 is 58.0 Å². The summed E-state index contributed by atoms with van der Waals surface area (Å²) >= 11 is 29.3. The van der Waals surface area contributed by atoms with Crippen LogP contribution in [0.15, 0.2) is 66.9 Å². The monoisotopic (exact) mass is 669 g/mol. The summed E-state index contributed by atoms with van der Waals surface area (Å²) in [5, 5.41) is 2.96. The molecular weight excluding hydrogens is 648 g/mol. The Morgan fingerprint density at radius 2 is 1.69 bits per heavy atom. The first-order valence-electron chi connectivity index (χ1n) is 12.3. The Labute approximate surface area is 268 Å². The number of carbonyl (C=O) groups excluding carboxylic acids is 3. The SMILES string of the molecule is COC(=O)[C@H](Cc1ccc(C#CCCN(C(=O)OCC(Cl)(Cl)Cl)c2ccccn2)cc1)NC(=O)c1c(Cl)cccc1Cl. The van der Waals surface area contributed by atoms with Gasteiger partial charge in [0.2, 0.25) is 3.79 Å². The van der Waals surface area contributed by atoms with Gasteiger partial charge in [-0.1, -0.05) is 94.1 Å². The highest BCUT2D eigenvalue weighted by molar-refractivity contribution is 6.67. The van der Waals surface area contributed by atoms with Crippen LogP contribution in [0.3, 0.4) is 0 Å². The molecule has 1 aromatic heterocycles. The predicted molar refractivity (Wildman–Crippen MR) is 165 cm³/mol. The number of carbonyl (C=O) groups is 3. The molecule has 42 heavy (non-hydrogen) atoms. The first-order chi connectivity index (χ1) is 20.0. The van der Waals surface area contributed by atoms with Crippen molar-refractivity contribution in [2.75, 3.05) is 25.2 Å². The summed E-state index contributed by atoms with van der Waals surface area (Å²) in [4.78, 5) is 43.3. The Balaban J connectivity index is 1.64. The van der Waals surface area contributed by atoms with Crippen molar-refractivity contribution in [3.05, 3.63) is 93.6 Å². The number of methoxy groups -OCH3 is 1. The number of nitrogens with one attached hydrogen (secondary N) is 1. The van der Waals surface area contributed by atoms with Crippen LogP contribution in [0.25, 0.3) is 0 Å². The molecule has 0 aliphatic heterocycles. The van der Waals surface area contributed by atoms with E-state index in [1.54, 1.807) is 54.7 Å². The van der Waals surface area contributed by atoms with Crippen molar-refractivity contribution in [1.82, 2.24) is 10.3 Å². The highest BCUT2D eigenvalue weighted by Crippen LogP contribution is 2.27. The predicted octanol–water partition coefficient (Wildman–Crippen LogP) is 6.66. The second-order valence-electron chi connectivity index (χ2n) is 8.61. The van der Waals surface area contributed by atoms with Crippen LogP contribution in [0.4, 0.5) is 10.6 Å². The van der Waals surface area contributed by atoms with Gasteiger partial charge in [-0.15, -0.1) is 0 Å². The minimum absolute atomic E-state index is 0.0699. The van der Waals surface area contributed by atoms with Crippen molar-refractivity contribution in [2.24, 2.45) is 0 Å². The first kappa shape index (κ1) is 33.3. The molecule has 0 bridgehead atoms. The molecule has 0 fully saturated rings. The fourth-order valence-corrected chi connectivity index (χ4v) is 4.34. The number of hydrogen-bond acceptors (Lipinski definition) is 6. The number of ether oxygens (including phenoxy) is 2. The second-order valence-corrected chi connectivity index (χ2v) is 11.9. The number of halogens is 5. The maximum absolute atomic E-state index is 12.8. The molecular formula is C29H24Cl5N3O5. The normalized spacial score (nSPS) is 11.5. The molecule has 1 atom stereocenters. The molecule has 0 radical (unpaired) electrons. The summed E-state index contributed by atoms with van der Waals surface area (Å²) in [6.45, 7) is -0.247. The lowest BCUT2D eigenvalue weighted by Crippen LogP contribution is -2.43. The number of pyridine rings is 1. The van der Waals surface area contributed by atoms with E-state index in [-0.39, 0.29) is 28.6 Å². The molecule has 1 N–H and O–H groups in total. The van der Waals surface area contributed by atoms with Gasteiger partial charge in [0.05, 0.1) is 22.7 Å². The summed E-state index contributed by atoms with van der Waals surface area (Å²) in [7, 11) is 1.23. The third-order valence-corrected chi connectivity index (χ3v) is 6.53. The Kier molecular flexibility index (Phi) is 12.6. The van der Waals surface area contributed by atoms with E-state index in [1.807, 2.05) is 0 Å². The molecule has 1 heterocycles. The summed E-state index contributed by atoms with van der Waals surface area (Å²) in [6.07, 6.45) is 1.27. The minimum atomic E-state index is -1.75. The van der Waals surface area contributed by atoms with E-state index in [4.69, 9.17) is 67.5 Å². The van der Waals surface area contributed by atoms with Crippen molar-refractivity contribution in [1.29, 1.82) is 0 Å². The lowest BCUT2D eigenvalue weighted by molar-refractivity contribution is -0.142. The molecule has 3 rings (SSSR count). The molecule has 0 unspecified atom stereocenters. The topological polar surface area (TPSA) is 97.8 Å². The third-order valence-electron chi connectivity index (χ3n) is 5.57. The molecule has 0 spiro atoms. The maximum Gasteiger partial charge on any atom is 0.415 e. The molecule has 2 aromatic carbocycles. The molecule has 8 nitrogen and oxygen atoms in total. The van der Waals surface area contributed by atoms with Gasteiger partial charge in [0.1, 0.15) is 18.5 Å². The molecule has 0 saturated carbocycles. The van der Waals surface area contributed by atoms with E-state index in [0.29, 0.717) is 17.8 Å². The maximum atomic E-state index is 12.8. The van der Waals surface area contributed by atoms with Crippen molar-refractivity contribution >= 4 is 81.8 Å². The van der Waals surface area contributed by atoms with E-state index >= 15 is 0 Å². The molecule has 0 aliphatic carbocycles. The van der Waals surface area contributed by atoms with Crippen molar-refractivity contribution in [2.45, 2.75) is 22.7 Å². The largest absolute Gasteiger partial charge is 0.467 e.